The molecule has 2 nitrogen and oxygen atoms in total. The van der Waals surface area contributed by atoms with Crippen molar-refractivity contribution in [1.29, 1.82) is 0 Å². The van der Waals surface area contributed by atoms with Crippen molar-refractivity contribution in [2.24, 2.45) is 0 Å². The minimum absolute atomic E-state index is 0.00926. The summed E-state index contributed by atoms with van der Waals surface area (Å²) in [6.45, 7) is 0. The number of allylic oxidation sites excluding steroid dienone is 1. The second kappa shape index (κ2) is 6.40. The van der Waals surface area contributed by atoms with E-state index in [0.717, 1.165) is 23.3 Å². The summed E-state index contributed by atoms with van der Waals surface area (Å²) in [7, 11) is 1.64. The molecule has 0 aliphatic heterocycles. The summed E-state index contributed by atoms with van der Waals surface area (Å²) in [5.41, 5.74) is 6.69. The van der Waals surface area contributed by atoms with Crippen LogP contribution in [-0.4, -0.2) is 12.9 Å². The third kappa shape index (κ3) is 2.99. The number of methoxy groups -OCH3 is 1. The third-order valence-corrected chi connectivity index (χ3v) is 4.60. The van der Waals surface area contributed by atoms with Crippen LogP contribution in [0.5, 0.6) is 5.75 Å². The van der Waals surface area contributed by atoms with E-state index in [4.69, 9.17) is 4.74 Å². The smallest absolute Gasteiger partial charge is 0.185 e. The number of ether oxygens (including phenoxy) is 1. The number of rotatable bonds is 4. The van der Waals surface area contributed by atoms with Crippen molar-refractivity contribution >= 4 is 11.9 Å². The van der Waals surface area contributed by atoms with Gasteiger partial charge in [0.2, 0.25) is 0 Å². The molecule has 25 heavy (non-hydrogen) atoms. The molecule has 0 N–H and O–H groups in total. The quantitative estimate of drug-likeness (QED) is 0.382. The molecule has 0 heterocycles. The lowest BCUT2D eigenvalue weighted by molar-refractivity contribution is 0.104. The number of carbonyl (C=O) groups excluding carboxylic acids is 1. The molecule has 0 aromatic heterocycles. The Kier molecular flexibility index (Phi) is 3.95. The molecule has 0 fully saturated rings. The van der Waals surface area contributed by atoms with Crippen LogP contribution in [0, 0.1) is 0 Å². The second-order valence-electron chi connectivity index (χ2n) is 6.18. The maximum atomic E-state index is 12.6. The number of carbonyl (C=O) groups is 1. The van der Waals surface area contributed by atoms with Gasteiger partial charge in [-0.05, 0) is 58.5 Å². The molecule has 0 saturated carbocycles. The number of fused-ring (bicyclic) bond motifs is 3. The summed E-state index contributed by atoms with van der Waals surface area (Å²) >= 11 is 0. The summed E-state index contributed by atoms with van der Waals surface area (Å²) < 4.78 is 5.21. The zero-order chi connectivity index (χ0) is 17.2. The molecule has 0 saturated heterocycles. The van der Waals surface area contributed by atoms with Gasteiger partial charge >= 0.3 is 0 Å². The lowest BCUT2D eigenvalue weighted by Crippen LogP contribution is -1.95. The first-order valence-corrected chi connectivity index (χ1v) is 8.32. The summed E-state index contributed by atoms with van der Waals surface area (Å²) in [5, 5.41) is 0. The highest BCUT2D eigenvalue weighted by Gasteiger charge is 2.18. The Morgan fingerprint density at radius 2 is 1.76 bits per heavy atom. The van der Waals surface area contributed by atoms with Crippen LogP contribution in [0.15, 0.2) is 72.8 Å². The van der Waals surface area contributed by atoms with Crippen molar-refractivity contribution in [3.63, 3.8) is 0 Å². The average Bonchev–Trinajstić information content (AvgIpc) is 3.04. The standard InChI is InChI=1S/C23H18O2/c1-25-20-7-4-5-16(13-20)9-12-23(24)19-11-10-18-14-17-6-2-3-8-21(17)22(18)15-19/h2-13,15H,14H2,1H3/b12-9+. The molecule has 0 unspecified atom stereocenters. The normalized spacial score (nSPS) is 12.0. The average molecular weight is 326 g/mol. The fraction of sp³-hybridized carbons (Fsp3) is 0.0870. The first kappa shape index (κ1) is 15.4. The summed E-state index contributed by atoms with van der Waals surface area (Å²) in [6.07, 6.45) is 4.39. The van der Waals surface area contributed by atoms with Gasteiger partial charge in [-0.15, -0.1) is 0 Å². The predicted molar refractivity (Wildman–Crippen MR) is 101 cm³/mol. The summed E-state index contributed by atoms with van der Waals surface area (Å²) in [5.74, 6) is 0.790. The van der Waals surface area contributed by atoms with E-state index in [-0.39, 0.29) is 5.78 Å². The van der Waals surface area contributed by atoms with Gasteiger partial charge in [0.05, 0.1) is 7.11 Å². The minimum atomic E-state index is 0.00926. The molecule has 0 amide bonds. The molecule has 0 spiro atoms. The minimum Gasteiger partial charge on any atom is -0.497 e. The van der Waals surface area contributed by atoms with Gasteiger partial charge in [-0.25, -0.2) is 0 Å². The van der Waals surface area contributed by atoms with Crippen LogP contribution in [0.1, 0.15) is 27.0 Å². The van der Waals surface area contributed by atoms with Gasteiger partial charge in [-0.3, -0.25) is 4.79 Å². The number of hydrogen-bond acceptors (Lipinski definition) is 2. The van der Waals surface area contributed by atoms with E-state index in [1.54, 1.807) is 13.2 Å². The molecule has 0 atom stereocenters. The molecule has 0 radical (unpaired) electrons. The highest BCUT2D eigenvalue weighted by Crippen LogP contribution is 2.36. The number of benzene rings is 3. The van der Waals surface area contributed by atoms with E-state index in [0.29, 0.717) is 0 Å². The van der Waals surface area contributed by atoms with Gasteiger partial charge in [0.25, 0.3) is 0 Å². The van der Waals surface area contributed by atoms with Crippen LogP contribution in [0.4, 0.5) is 0 Å². The zero-order valence-electron chi connectivity index (χ0n) is 14.0. The van der Waals surface area contributed by atoms with Crippen LogP contribution in [-0.2, 0) is 6.42 Å². The van der Waals surface area contributed by atoms with E-state index in [9.17, 15) is 4.79 Å². The molecule has 3 aromatic rings. The van der Waals surface area contributed by atoms with Crippen molar-refractivity contribution < 1.29 is 9.53 Å². The van der Waals surface area contributed by atoms with Crippen LogP contribution >= 0.6 is 0 Å². The van der Waals surface area contributed by atoms with Crippen molar-refractivity contribution in [3.05, 3.63) is 95.1 Å². The van der Waals surface area contributed by atoms with E-state index in [2.05, 4.69) is 24.3 Å². The van der Waals surface area contributed by atoms with E-state index >= 15 is 0 Å². The second-order valence-corrected chi connectivity index (χ2v) is 6.18. The van der Waals surface area contributed by atoms with Gasteiger partial charge < -0.3 is 4.74 Å². The van der Waals surface area contributed by atoms with Crippen molar-refractivity contribution in [2.45, 2.75) is 6.42 Å². The first-order valence-electron chi connectivity index (χ1n) is 8.32. The Bertz CT molecular complexity index is 983. The molecular weight excluding hydrogens is 308 g/mol. The zero-order valence-corrected chi connectivity index (χ0v) is 14.0. The molecule has 3 aromatic carbocycles. The molecule has 2 heteroatoms. The topological polar surface area (TPSA) is 26.3 Å². The van der Waals surface area contributed by atoms with E-state index < -0.39 is 0 Å². The van der Waals surface area contributed by atoms with Crippen LogP contribution in [0.3, 0.4) is 0 Å². The fourth-order valence-corrected chi connectivity index (χ4v) is 3.29. The SMILES string of the molecule is COc1cccc(/C=C/C(=O)c2ccc3c(c2)-c2ccccc2C3)c1. The van der Waals surface area contributed by atoms with Gasteiger partial charge in [0, 0.05) is 5.56 Å². The lowest BCUT2D eigenvalue weighted by Gasteiger charge is -2.03. The molecule has 1 aliphatic carbocycles. The van der Waals surface area contributed by atoms with Gasteiger partial charge in [0.15, 0.2) is 5.78 Å². The Morgan fingerprint density at radius 3 is 2.64 bits per heavy atom. The number of ketones is 1. The van der Waals surface area contributed by atoms with Crippen molar-refractivity contribution in [2.75, 3.05) is 7.11 Å². The van der Waals surface area contributed by atoms with Gasteiger partial charge in [0.1, 0.15) is 5.75 Å². The van der Waals surface area contributed by atoms with E-state index in [1.165, 1.54) is 22.3 Å². The van der Waals surface area contributed by atoms with Crippen LogP contribution in [0.25, 0.3) is 17.2 Å². The monoisotopic (exact) mass is 326 g/mol. The fourth-order valence-electron chi connectivity index (χ4n) is 3.29. The highest BCUT2D eigenvalue weighted by atomic mass is 16.5. The Hall–Kier alpha value is -3.13. The van der Waals surface area contributed by atoms with Gasteiger partial charge in [-0.2, -0.15) is 0 Å². The Balaban J connectivity index is 1.61. The molecule has 4 rings (SSSR count). The van der Waals surface area contributed by atoms with Crippen molar-refractivity contribution in [1.82, 2.24) is 0 Å². The number of hydrogen-bond donors (Lipinski definition) is 0. The summed E-state index contributed by atoms with van der Waals surface area (Å²) in [4.78, 5) is 12.6. The third-order valence-electron chi connectivity index (χ3n) is 4.60. The first-order chi connectivity index (χ1) is 12.2. The predicted octanol–water partition coefficient (Wildman–Crippen LogP) is 5.16. The van der Waals surface area contributed by atoms with Crippen LogP contribution < -0.4 is 4.74 Å². The summed E-state index contributed by atoms with van der Waals surface area (Å²) in [6, 6.07) is 22.0. The molecule has 0 bridgehead atoms. The Labute approximate surface area is 147 Å². The van der Waals surface area contributed by atoms with Crippen LogP contribution in [0.2, 0.25) is 0 Å². The maximum Gasteiger partial charge on any atom is 0.185 e. The lowest BCUT2D eigenvalue weighted by atomic mass is 10.0. The largest absolute Gasteiger partial charge is 0.497 e. The molecule has 122 valence electrons. The highest BCUT2D eigenvalue weighted by molar-refractivity contribution is 6.07. The van der Waals surface area contributed by atoms with Crippen molar-refractivity contribution in [3.8, 4) is 16.9 Å². The van der Waals surface area contributed by atoms with Gasteiger partial charge in [-0.1, -0.05) is 54.6 Å². The molecular formula is C23H18O2. The maximum absolute atomic E-state index is 12.6. The van der Waals surface area contributed by atoms with E-state index in [1.807, 2.05) is 48.5 Å². The molecule has 1 aliphatic rings. The Morgan fingerprint density at radius 1 is 0.920 bits per heavy atom.